The fourth-order valence-corrected chi connectivity index (χ4v) is 5.11. The summed E-state index contributed by atoms with van der Waals surface area (Å²) in [5.41, 5.74) is 1.78. The van der Waals surface area contributed by atoms with Crippen molar-refractivity contribution < 1.29 is 23.1 Å². The van der Waals surface area contributed by atoms with Crippen molar-refractivity contribution in [3.63, 3.8) is 0 Å². The van der Waals surface area contributed by atoms with Gasteiger partial charge in [0.05, 0.1) is 25.0 Å². The highest BCUT2D eigenvalue weighted by Gasteiger charge is 2.34. The Balaban J connectivity index is 1.53. The molecule has 0 radical (unpaired) electrons. The Bertz CT molecular complexity index is 1080. The molecule has 1 saturated heterocycles. The average molecular weight is 480 g/mol. The van der Waals surface area contributed by atoms with Crippen molar-refractivity contribution in [2.45, 2.75) is 50.7 Å². The summed E-state index contributed by atoms with van der Waals surface area (Å²) in [4.78, 5) is 13.3. The molecule has 1 fully saturated rings. The molecule has 0 spiro atoms. The number of carbonyl (C=O) groups excluding carboxylic acids is 1. The number of hydrogen-bond donors (Lipinski definition) is 1. The normalized spacial score (nSPS) is 19.1. The largest absolute Gasteiger partial charge is 0.497 e. The molecule has 3 unspecified atom stereocenters. The number of halogens is 1. The van der Waals surface area contributed by atoms with E-state index in [-0.39, 0.29) is 23.1 Å². The van der Waals surface area contributed by atoms with Crippen LogP contribution in [0.5, 0.6) is 5.75 Å². The van der Waals surface area contributed by atoms with Gasteiger partial charge in [-0.05, 0) is 99.0 Å². The van der Waals surface area contributed by atoms with E-state index in [1.165, 1.54) is 18.4 Å². The van der Waals surface area contributed by atoms with Gasteiger partial charge in [-0.1, -0.05) is 24.3 Å². The first-order valence-corrected chi connectivity index (χ1v) is 12.2. The van der Waals surface area contributed by atoms with Crippen molar-refractivity contribution in [3.8, 4) is 5.75 Å². The van der Waals surface area contributed by atoms with Gasteiger partial charge in [0, 0.05) is 6.61 Å². The highest BCUT2D eigenvalue weighted by molar-refractivity contribution is 5.98. The Morgan fingerprint density at radius 2 is 1.83 bits per heavy atom. The number of methoxy groups -OCH3 is 1. The molecule has 186 valence electrons. The maximum absolute atomic E-state index is 13.7. The number of furan rings is 1. The molecule has 1 aliphatic heterocycles. The molecule has 0 saturated carbocycles. The first-order valence-electron chi connectivity index (χ1n) is 12.2. The summed E-state index contributed by atoms with van der Waals surface area (Å²) in [6.07, 6.45) is 4.21. The SMILES string of the molecule is COc1ccc(C(NCCC(c2ccc(F)cc2)C2CCOC(C)(C)C2)C(=O)c2ccco2)cc1. The van der Waals surface area contributed by atoms with Crippen molar-refractivity contribution >= 4 is 5.78 Å². The number of benzene rings is 2. The van der Waals surface area contributed by atoms with Crippen LogP contribution in [0.1, 0.15) is 66.8 Å². The first kappa shape index (κ1) is 25.1. The Kier molecular flexibility index (Phi) is 8.04. The van der Waals surface area contributed by atoms with Crippen LogP contribution in [0.4, 0.5) is 4.39 Å². The van der Waals surface area contributed by atoms with E-state index in [0.717, 1.165) is 36.1 Å². The lowest BCUT2D eigenvalue weighted by molar-refractivity contribution is -0.0772. The maximum Gasteiger partial charge on any atom is 0.219 e. The second kappa shape index (κ2) is 11.2. The summed E-state index contributed by atoms with van der Waals surface area (Å²) < 4.78 is 30.3. The van der Waals surface area contributed by atoms with E-state index < -0.39 is 6.04 Å². The smallest absolute Gasteiger partial charge is 0.219 e. The van der Waals surface area contributed by atoms with Gasteiger partial charge in [-0.15, -0.1) is 0 Å². The number of carbonyl (C=O) groups is 1. The Hall–Kier alpha value is -2.96. The number of hydrogen-bond acceptors (Lipinski definition) is 5. The fourth-order valence-electron chi connectivity index (χ4n) is 5.11. The average Bonchev–Trinajstić information content (AvgIpc) is 3.39. The molecule has 2 heterocycles. The molecular weight excluding hydrogens is 445 g/mol. The summed E-state index contributed by atoms with van der Waals surface area (Å²) in [5, 5.41) is 3.48. The zero-order valence-corrected chi connectivity index (χ0v) is 20.6. The van der Waals surface area contributed by atoms with E-state index in [9.17, 15) is 9.18 Å². The Morgan fingerprint density at radius 1 is 1.11 bits per heavy atom. The van der Waals surface area contributed by atoms with Crippen molar-refractivity contribution in [1.82, 2.24) is 5.32 Å². The zero-order valence-electron chi connectivity index (χ0n) is 20.6. The molecule has 6 heteroatoms. The van der Waals surface area contributed by atoms with Crippen LogP contribution in [0, 0.1) is 11.7 Å². The fraction of sp³-hybridized carbons (Fsp3) is 0.414. The van der Waals surface area contributed by atoms with Crippen LogP contribution in [-0.4, -0.2) is 31.6 Å². The second-order valence-electron chi connectivity index (χ2n) is 9.81. The minimum atomic E-state index is -0.549. The predicted octanol–water partition coefficient (Wildman–Crippen LogP) is 6.32. The Morgan fingerprint density at radius 3 is 2.46 bits per heavy atom. The van der Waals surface area contributed by atoms with Gasteiger partial charge in [-0.25, -0.2) is 4.39 Å². The minimum Gasteiger partial charge on any atom is -0.497 e. The standard InChI is InChI=1S/C29H34FNO4/c1-29(2)19-22(15-18-35-29)25(20-6-10-23(30)11-7-20)14-16-31-27(28(32)26-5-4-17-34-26)21-8-12-24(33-3)13-9-21/h4-13,17,22,25,27,31H,14-16,18-19H2,1-3H3. The van der Waals surface area contributed by atoms with Gasteiger partial charge in [-0.2, -0.15) is 0 Å². The zero-order chi connectivity index (χ0) is 24.8. The molecule has 5 nitrogen and oxygen atoms in total. The summed E-state index contributed by atoms with van der Waals surface area (Å²) in [6.45, 7) is 5.58. The number of ether oxygens (including phenoxy) is 2. The summed E-state index contributed by atoms with van der Waals surface area (Å²) in [7, 11) is 1.62. The Labute approximate surface area is 206 Å². The number of ketones is 1. The third-order valence-corrected chi connectivity index (χ3v) is 6.88. The van der Waals surface area contributed by atoms with E-state index in [1.54, 1.807) is 19.2 Å². The number of rotatable bonds is 10. The van der Waals surface area contributed by atoms with Crippen molar-refractivity contribution in [1.29, 1.82) is 0 Å². The summed E-state index contributed by atoms with van der Waals surface area (Å²) >= 11 is 0. The minimum absolute atomic E-state index is 0.120. The van der Waals surface area contributed by atoms with E-state index in [2.05, 4.69) is 19.2 Å². The van der Waals surface area contributed by atoms with Gasteiger partial charge >= 0.3 is 0 Å². The van der Waals surface area contributed by atoms with Crippen LogP contribution in [-0.2, 0) is 4.74 Å². The van der Waals surface area contributed by atoms with Gasteiger partial charge in [-0.3, -0.25) is 4.79 Å². The third-order valence-electron chi connectivity index (χ3n) is 6.88. The molecule has 1 aliphatic rings. The molecule has 4 rings (SSSR count). The van der Waals surface area contributed by atoms with Crippen LogP contribution in [0.25, 0.3) is 0 Å². The first-order chi connectivity index (χ1) is 16.9. The van der Waals surface area contributed by atoms with E-state index >= 15 is 0 Å². The van der Waals surface area contributed by atoms with Gasteiger partial charge < -0.3 is 19.2 Å². The summed E-state index contributed by atoms with van der Waals surface area (Å²) in [5.74, 6) is 1.33. The molecule has 0 aliphatic carbocycles. The van der Waals surface area contributed by atoms with Crippen LogP contribution < -0.4 is 10.1 Å². The molecular formula is C29H34FNO4. The van der Waals surface area contributed by atoms with E-state index in [4.69, 9.17) is 13.9 Å². The number of Topliss-reactive ketones (excluding diaryl/α,β-unsaturated/α-hetero) is 1. The molecule has 1 N–H and O–H groups in total. The molecule has 1 aromatic heterocycles. The second-order valence-corrected chi connectivity index (χ2v) is 9.81. The van der Waals surface area contributed by atoms with Crippen molar-refractivity contribution in [3.05, 3.63) is 89.6 Å². The molecule has 0 bridgehead atoms. The molecule has 3 atom stereocenters. The molecule has 35 heavy (non-hydrogen) atoms. The molecule has 0 amide bonds. The number of nitrogens with one attached hydrogen (secondary N) is 1. The highest BCUT2D eigenvalue weighted by Crippen LogP contribution is 2.40. The van der Waals surface area contributed by atoms with Crippen LogP contribution in [0.15, 0.2) is 71.3 Å². The van der Waals surface area contributed by atoms with Crippen LogP contribution >= 0.6 is 0 Å². The lowest BCUT2D eigenvalue weighted by atomic mass is 9.75. The topological polar surface area (TPSA) is 60.7 Å². The van der Waals surface area contributed by atoms with Crippen LogP contribution in [0.3, 0.4) is 0 Å². The van der Waals surface area contributed by atoms with Crippen molar-refractivity contribution in [2.24, 2.45) is 5.92 Å². The van der Waals surface area contributed by atoms with Gasteiger partial charge in [0.25, 0.3) is 0 Å². The molecule has 2 aromatic carbocycles. The quantitative estimate of drug-likeness (QED) is 0.345. The van der Waals surface area contributed by atoms with Gasteiger partial charge in [0.2, 0.25) is 5.78 Å². The third kappa shape index (κ3) is 6.38. The predicted molar refractivity (Wildman–Crippen MR) is 133 cm³/mol. The maximum atomic E-state index is 13.7. The highest BCUT2D eigenvalue weighted by atomic mass is 19.1. The van der Waals surface area contributed by atoms with Gasteiger partial charge in [0.15, 0.2) is 5.76 Å². The van der Waals surface area contributed by atoms with Crippen molar-refractivity contribution in [2.75, 3.05) is 20.3 Å². The monoisotopic (exact) mass is 479 g/mol. The summed E-state index contributed by atoms with van der Waals surface area (Å²) in [6, 6.07) is 17.2. The lowest BCUT2D eigenvalue weighted by Gasteiger charge is -2.39. The lowest BCUT2D eigenvalue weighted by Crippen LogP contribution is -2.37. The van der Waals surface area contributed by atoms with E-state index in [1.807, 2.05) is 36.4 Å². The van der Waals surface area contributed by atoms with Crippen LogP contribution in [0.2, 0.25) is 0 Å². The molecule has 3 aromatic rings. The van der Waals surface area contributed by atoms with Gasteiger partial charge in [0.1, 0.15) is 11.6 Å². The van der Waals surface area contributed by atoms with E-state index in [0.29, 0.717) is 24.8 Å².